The third kappa shape index (κ3) is 6.84. The summed E-state index contributed by atoms with van der Waals surface area (Å²) in [6.07, 6.45) is 6.08. The first kappa shape index (κ1) is 33.2. The molecular formula is C38H41IN2O6. The summed E-state index contributed by atoms with van der Waals surface area (Å²) in [4.78, 5) is 29.3. The van der Waals surface area contributed by atoms with Gasteiger partial charge in [0.25, 0.3) is 0 Å². The van der Waals surface area contributed by atoms with Crippen LogP contribution in [0.5, 0.6) is 11.5 Å². The number of nitrogens with one attached hydrogen (secondary N) is 1. The maximum atomic E-state index is 14.0. The molecule has 3 aromatic carbocycles. The standard InChI is InChI=1S/C38H41IN2O6/c1-4-8-23(17-24-18-31(39)36(42)33(19-24)46-3)11-16-32-34-25(21-45-2)20-29-35(30(34)22-47-32)38(44)41(37(29)43)28-14-12-27(13-15-28)40-26-9-6-5-7-10-26/h5-7,9-10,12-15,17-19,29-30,32,35,40,42H,4,8,11,16,20-22H2,1-3H3/b23-17+/t29-,30+,32-,35-/m1/s1. The smallest absolute Gasteiger partial charge is 0.238 e. The summed E-state index contributed by atoms with van der Waals surface area (Å²) < 4.78 is 18.2. The number of carbonyl (C=O) groups is 2. The molecule has 47 heavy (non-hydrogen) atoms. The number of imide groups is 1. The number of hydrogen-bond acceptors (Lipinski definition) is 7. The Morgan fingerprint density at radius 3 is 2.47 bits per heavy atom. The maximum Gasteiger partial charge on any atom is 0.238 e. The summed E-state index contributed by atoms with van der Waals surface area (Å²) >= 11 is 2.12. The van der Waals surface area contributed by atoms with Gasteiger partial charge >= 0.3 is 0 Å². The van der Waals surface area contributed by atoms with Crippen LogP contribution in [0.15, 0.2) is 83.4 Å². The molecule has 0 spiro atoms. The number of amides is 2. The van der Waals surface area contributed by atoms with E-state index in [1.54, 1.807) is 14.2 Å². The molecule has 1 aliphatic carbocycles. The van der Waals surface area contributed by atoms with Gasteiger partial charge in [-0.25, -0.2) is 0 Å². The highest BCUT2D eigenvalue weighted by Gasteiger charge is 2.57. The highest BCUT2D eigenvalue weighted by molar-refractivity contribution is 14.1. The predicted molar refractivity (Wildman–Crippen MR) is 192 cm³/mol. The van der Waals surface area contributed by atoms with E-state index in [1.807, 2.05) is 66.7 Å². The van der Waals surface area contributed by atoms with E-state index in [0.717, 1.165) is 57.3 Å². The zero-order valence-electron chi connectivity index (χ0n) is 27.0. The molecule has 2 fully saturated rings. The van der Waals surface area contributed by atoms with Crippen molar-refractivity contribution in [3.8, 4) is 11.5 Å². The van der Waals surface area contributed by atoms with Crippen molar-refractivity contribution in [3.63, 3.8) is 0 Å². The van der Waals surface area contributed by atoms with E-state index >= 15 is 0 Å². The summed E-state index contributed by atoms with van der Waals surface area (Å²) in [5.41, 5.74) is 6.94. The van der Waals surface area contributed by atoms with Gasteiger partial charge < -0.3 is 24.6 Å². The van der Waals surface area contributed by atoms with Crippen molar-refractivity contribution in [2.75, 3.05) is 37.7 Å². The Labute approximate surface area is 289 Å². The van der Waals surface area contributed by atoms with Crippen LogP contribution in [-0.2, 0) is 19.1 Å². The lowest BCUT2D eigenvalue weighted by molar-refractivity contribution is -0.122. The Kier molecular flexibility index (Phi) is 10.3. The van der Waals surface area contributed by atoms with Crippen LogP contribution in [0.25, 0.3) is 6.08 Å². The first-order chi connectivity index (χ1) is 22.8. The van der Waals surface area contributed by atoms with Crippen molar-refractivity contribution in [3.05, 3.63) is 92.6 Å². The summed E-state index contributed by atoms with van der Waals surface area (Å²) in [7, 11) is 3.23. The van der Waals surface area contributed by atoms with Crippen molar-refractivity contribution >= 4 is 57.5 Å². The summed E-state index contributed by atoms with van der Waals surface area (Å²) in [6, 6.07) is 21.2. The molecule has 2 saturated heterocycles. The highest BCUT2D eigenvalue weighted by Crippen LogP contribution is 2.50. The Balaban J connectivity index is 1.20. The molecule has 3 aromatic rings. The average Bonchev–Trinajstić information content (AvgIpc) is 3.60. The van der Waals surface area contributed by atoms with E-state index in [4.69, 9.17) is 14.2 Å². The molecule has 2 aliphatic heterocycles. The van der Waals surface area contributed by atoms with Crippen LogP contribution < -0.4 is 15.0 Å². The third-order valence-corrected chi connectivity index (χ3v) is 10.3. The number of ether oxygens (including phenoxy) is 3. The molecule has 2 heterocycles. The molecule has 4 atom stereocenters. The van der Waals surface area contributed by atoms with Gasteiger partial charge in [0.2, 0.25) is 11.8 Å². The first-order valence-electron chi connectivity index (χ1n) is 16.2. The fraction of sp³-hybridized carbons (Fsp3) is 0.368. The fourth-order valence-electron chi connectivity index (χ4n) is 7.39. The van der Waals surface area contributed by atoms with E-state index in [1.165, 1.54) is 10.5 Å². The zero-order valence-corrected chi connectivity index (χ0v) is 29.2. The van der Waals surface area contributed by atoms with E-state index in [2.05, 4.69) is 40.9 Å². The summed E-state index contributed by atoms with van der Waals surface area (Å²) in [5, 5.41) is 13.6. The number of benzene rings is 3. The van der Waals surface area contributed by atoms with Gasteiger partial charge in [-0.2, -0.15) is 0 Å². The number of rotatable bonds is 12. The van der Waals surface area contributed by atoms with Crippen molar-refractivity contribution in [2.24, 2.45) is 17.8 Å². The molecule has 0 bridgehead atoms. The number of phenolic OH excluding ortho intramolecular Hbond substituents is 1. The van der Waals surface area contributed by atoms with Gasteiger partial charge in [-0.05, 0) is 114 Å². The number of aromatic hydroxyl groups is 1. The number of allylic oxidation sites excluding steroid dienone is 1. The normalized spacial score (nSPS) is 22.5. The number of nitrogens with zero attached hydrogens (tertiary/aromatic N) is 1. The molecular weight excluding hydrogens is 707 g/mol. The van der Waals surface area contributed by atoms with Crippen molar-refractivity contribution in [2.45, 2.75) is 45.1 Å². The minimum absolute atomic E-state index is 0.138. The Morgan fingerprint density at radius 2 is 1.77 bits per heavy atom. The number of methoxy groups -OCH3 is 2. The van der Waals surface area contributed by atoms with Gasteiger partial charge in [-0.3, -0.25) is 14.5 Å². The molecule has 0 radical (unpaired) electrons. The van der Waals surface area contributed by atoms with E-state index < -0.39 is 11.8 Å². The molecule has 6 rings (SSSR count). The monoisotopic (exact) mass is 748 g/mol. The minimum atomic E-state index is -0.442. The molecule has 2 amide bonds. The third-order valence-electron chi connectivity index (χ3n) is 9.45. The lowest BCUT2D eigenvalue weighted by Crippen LogP contribution is -2.35. The second-order valence-corrected chi connectivity index (χ2v) is 13.6. The van der Waals surface area contributed by atoms with E-state index in [-0.39, 0.29) is 29.6 Å². The number of para-hydroxylation sites is 1. The Bertz CT molecular complexity index is 1690. The van der Waals surface area contributed by atoms with Crippen LogP contribution in [0.2, 0.25) is 0 Å². The van der Waals surface area contributed by atoms with Crippen molar-refractivity contribution < 1.29 is 28.9 Å². The van der Waals surface area contributed by atoms with Crippen LogP contribution in [0.4, 0.5) is 17.1 Å². The van der Waals surface area contributed by atoms with Crippen molar-refractivity contribution in [1.29, 1.82) is 0 Å². The molecule has 3 aliphatic rings. The van der Waals surface area contributed by atoms with Crippen LogP contribution in [0.1, 0.15) is 44.6 Å². The van der Waals surface area contributed by atoms with Gasteiger partial charge in [0.1, 0.15) is 0 Å². The summed E-state index contributed by atoms with van der Waals surface area (Å²) in [5.74, 6) is -0.698. The van der Waals surface area contributed by atoms with E-state index in [0.29, 0.717) is 31.1 Å². The van der Waals surface area contributed by atoms with Gasteiger partial charge in [-0.15, -0.1) is 0 Å². The number of carbonyl (C=O) groups excluding carboxylic acids is 2. The minimum Gasteiger partial charge on any atom is -0.504 e. The molecule has 246 valence electrons. The molecule has 0 aromatic heterocycles. The molecule has 9 heteroatoms. The average molecular weight is 749 g/mol. The SMILES string of the molecule is CCC/C(=C\c1cc(I)c(O)c(OC)c1)CC[C@H]1OC[C@H]2C1=C(COC)C[C@H]1C(=O)N(c3ccc(Nc4ccccc4)cc3)C(=O)[C@H]12. The molecule has 2 N–H and O–H groups in total. The topological polar surface area (TPSA) is 97.3 Å². The number of phenols is 1. The van der Waals surface area contributed by atoms with Gasteiger partial charge in [0.15, 0.2) is 11.5 Å². The highest BCUT2D eigenvalue weighted by atomic mass is 127. The van der Waals surface area contributed by atoms with E-state index in [9.17, 15) is 14.7 Å². The maximum absolute atomic E-state index is 14.0. The Hall–Kier alpha value is -3.67. The lowest BCUT2D eigenvalue weighted by atomic mass is 9.69. The molecule has 0 saturated carbocycles. The van der Waals surface area contributed by atoms with Gasteiger partial charge in [-0.1, -0.05) is 43.2 Å². The van der Waals surface area contributed by atoms with Crippen LogP contribution >= 0.6 is 22.6 Å². The van der Waals surface area contributed by atoms with Crippen LogP contribution in [0, 0.1) is 21.3 Å². The number of hydrogen-bond donors (Lipinski definition) is 2. The Morgan fingerprint density at radius 1 is 1.02 bits per heavy atom. The number of halogens is 1. The fourth-order valence-corrected chi connectivity index (χ4v) is 8.02. The van der Waals surface area contributed by atoms with Crippen LogP contribution in [-0.4, -0.2) is 50.5 Å². The quantitative estimate of drug-likeness (QED) is 0.111. The molecule has 8 nitrogen and oxygen atoms in total. The van der Waals surface area contributed by atoms with Crippen LogP contribution in [0.3, 0.4) is 0 Å². The number of fused-ring (bicyclic) bond motifs is 3. The largest absolute Gasteiger partial charge is 0.504 e. The predicted octanol–water partition coefficient (Wildman–Crippen LogP) is 7.88. The lowest BCUT2D eigenvalue weighted by Gasteiger charge is -2.31. The second-order valence-electron chi connectivity index (χ2n) is 12.5. The van der Waals surface area contributed by atoms with Crippen molar-refractivity contribution in [1.82, 2.24) is 0 Å². The van der Waals surface area contributed by atoms with Gasteiger partial charge in [0, 0.05) is 24.4 Å². The van der Waals surface area contributed by atoms with Gasteiger partial charge in [0.05, 0.1) is 47.5 Å². The zero-order chi connectivity index (χ0) is 33.1. The first-order valence-corrected chi connectivity index (χ1v) is 17.3. The number of anilines is 3. The second kappa shape index (κ2) is 14.6. The molecule has 0 unspecified atom stereocenters. The summed E-state index contributed by atoms with van der Waals surface area (Å²) in [6.45, 7) is 3.00.